The third kappa shape index (κ3) is 3.06. The maximum absolute atomic E-state index is 11.5. The topological polar surface area (TPSA) is 64.1 Å². The number of rotatable bonds is 5. The second kappa shape index (κ2) is 5.65. The van der Waals surface area contributed by atoms with Gasteiger partial charge in [0, 0.05) is 18.4 Å². The number of unbranched alkanes of at least 4 members (excludes halogenated alkanes) is 1. The van der Waals surface area contributed by atoms with E-state index in [-0.39, 0.29) is 11.8 Å². The molecule has 1 heterocycles. The molecule has 0 amide bonds. The molecule has 1 rings (SSSR count). The van der Waals surface area contributed by atoms with E-state index in [0.29, 0.717) is 12.2 Å². The first-order chi connectivity index (χ1) is 7.56. The SMILES string of the molecule is CCCCO[C@H](C)n1cc(C)c(=O)[nH]c1=O. The Labute approximate surface area is 94.1 Å². The van der Waals surface area contributed by atoms with Crippen molar-refractivity contribution in [2.45, 2.75) is 39.8 Å². The normalized spacial score (nSPS) is 12.7. The molecule has 0 spiro atoms. The van der Waals surface area contributed by atoms with Gasteiger partial charge in [0.25, 0.3) is 5.56 Å². The summed E-state index contributed by atoms with van der Waals surface area (Å²) >= 11 is 0. The predicted molar refractivity (Wildman–Crippen MR) is 61.6 cm³/mol. The van der Waals surface area contributed by atoms with Crippen LogP contribution in [0.2, 0.25) is 0 Å². The van der Waals surface area contributed by atoms with E-state index in [1.54, 1.807) is 13.8 Å². The fourth-order valence-electron chi connectivity index (χ4n) is 1.33. The Morgan fingerprint density at radius 1 is 1.50 bits per heavy atom. The highest BCUT2D eigenvalue weighted by Gasteiger charge is 2.08. The van der Waals surface area contributed by atoms with Gasteiger partial charge in [-0.1, -0.05) is 13.3 Å². The minimum absolute atomic E-state index is 0.345. The Balaban J connectivity index is 2.83. The zero-order chi connectivity index (χ0) is 12.1. The maximum Gasteiger partial charge on any atom is 0.330 e. The van der Waals surface area contributed by atoms with Gasteiger partial charge in [-0.2, -0.15) is 0 Å². The molecule has 1 aromatic rings. The van der Waals surface area contributed by atoms with Gasteiger partial charge >= 0.3 is 5.69 Å². The van der Waals surface area contributed by atoms with E-state index in [2.05, 4.69) is 11.9 Å². The third-order valence-electron chi connectivity index (χ3n) is 2.39. The maximum atomic E-state index is 11.5. The molecule has 0 saturated carbocycles. The van der Waals surface area contributed by atoms with Crippen LogP contribution in [0.1, 0.15) is 38.5 Å². The van der Waals surface area contributed by atoms with Gasteiger partial charge in [0.15, 0.2) is 0 Å². The van der Waals surface area contributed by atoms with Gasteiger partial charge in [-0.05, 0) is 20.3 Å². The van der Waals surface area contributed by atoms with Crippen LogP contribution < -0.4 is 11.2 Å². The first-order valence-electron chi connectivity index (χ1n) is 5.50. The van der Waals surface area contributed by atoms with Crippen LogP contribution in [0.3, 0.4) is 0 Å². The summed E-state index contributed by atoms with van der Waals surface area (Å²) in [6, 6.07) is 0. The highest BCUT2D eigenvalue weighted by molar-refractivity contribution is 5.00. The molecule has 1 atom stereocenters. The summed E-state index contributed by atoms with van der Waals surface area (Å²) in [5.74, 6) is 0. The summed E-state index contributed by atoms with van der Waals surface area (Å²) in [5, 5.41) is 0. The lowest BCUT2D eigenvalue weighted by Gasteiger charge is -2.15. The van der Waals surface area contributed by atoms with E-state index in [0.717, 1.165) is 12.8 Å². The molecule has 0 aliphatic carbocycles. The van der Waals surface area contributed by atoms with Gasteiger partial charge in [0.05, 0.1) is 0 Å². The first kappa shape index (κ1) is 12.7. The Hall–Kier alpha value is -1.36. The number of aromatic nitrogens is 2. The average molecular weight is 226 g/mol. The molecule has 5 heteroatoms. The number of H-pyrrole nitrogens is 1. The van der Waals surface area contributed by atoms with E-state index < -0.39 is 5.69 Å². The number of ether oxygens (including phenoxy) is 1. The van der Waals surface area contributed by atoms with Gasteiger partial charge in [0.2, 0.25) is 0 Å². The van der Waals surface area contributed by atoms with Crippen LogP contribution in [0.15, 0.2) is 15.8 Å². The lowest BCUT2D eigenvalue weighted by atomic mass is 10.3. The van der Waals surface area contributed by atoms with Crippen LogP contribution >= 0.6 is 0 Å². The smallest absolute Gasteiger partial charge is 0.330 e. The molecular weight excluding hydrogens is 208 g/mol. The summed E-state index contributed by atoms with van der Waals surface area (Å²) in [6.07, 6.45) is 3.18. The average Bonchev–Trinajstić information content (AvgIpc) is 2.23. The molecule has 0 aromatic carbocycles. The van der Waals surface area contributed by atoms with E-state index in [1.807, 2.05) is 0 Å². The molecule has 1 N–H and O–H groups in total. The summed E-state index contributed by atoms with van der Waals surface area (Å²) in [7, 11) is 0. The monoisotopic (exact) mass is 226 g/mol. The lowest BCUT2D eigenvalue weighted by Crippen LogP contribution is -2.33. The number of nitrogens with zero attached hydrogens (tertiary/aromatic N) is 1. The molecule has 5 nitrogen and oxygen atoms in total. The molecule has 90 valence electrons. The number of aryl methyl sites for hydroxylation is 1. The minimum atomic E-state index is -0.431. The molecule has 0 bridgehead atoms. The molecule has 1 aromatic heterocycles. The van der Waals surface area contributed by atoms with Crippen LogP contribution in [0, 0.1) is 6.92 Å². The number of hydrogen-bond acceptors (Lipinski definition) is 3. The van der Waals surface area contributed by atoms with Crippen LogP contribution in [0.5, 0.6) is 0 Å². The van der Waals surface area contributed by atoms with Crippen LogP contribution in [-0.4, -0.2) is 16.2 Å². The van der Waals surface area contributed by atoms with Crippen molar-refractivity contribution in [3.63, 3.8) is 0 Å². The van der Waals surface area contributed by atoms with Gasteiger partial charge in [0.1, 0.15) is 6.23 Å². The second-order valence-electron chi connectivity index (χ2n) is 3.80. The van der Waals surface area contributed by atoms with Crippen molar-refractivity contribution in [3.8, 4) is 0 Å². The third-order valence-corrected chi connectivity index (χ3v) is 2.39. The zero-order valence-corrected chi connectivity index (χ0v) is 9.95. The Morgan fingerprint density at radius 3 is 2.81 bits per heavy atom. The standard InChI is InChI=1S/C11H18N2O3/c1-4-5-6-16-9(3)13-7-8(2)10(14)12-11(13)15/h7,9H,4-6H2,1-3H3,(H,12,14,15)/t9-/m1/s1. The summed E-state index contributed by atoms with van der Waals surface area (Å²) in [5.41, 5.74) is -0.271. The zero-order valence-electron chi connectivity index (χ0n) is 9.95. The van der Waals surface area contributed by atoms with Crippen molar-refractivity contribution in [2.24, 2.45) is 0 Å². The second-order valence-corrected chi connectivity index (χ2v) is 3.80. The molecule has 0 aliphatic heterocycles. The highest BCUT2D eigenvalue weighted by atomic mass is 16.5. The predicted octanol–water partition coefficient (Wildman–Crippen LogP) is 1.18. The van der Waals surface area contributed by atoms with E-state index in [4.69, 9.17) is 4.74 Å². The van der Waals surface area contributed by atoms with Gasteiger partial charge in [-0.25, -0.2) is 4.79 Å². The number of hydrogen-bond donors (Lipinski definition) is 1. The van der Waals surface area contributed by atoms with Crippen LogP contribution in [-0.2, 0) is 4.74 Å². The molecule has 0 radical (unpaired) electrons. The Bertz CT molecular complexity index is 447. The van der Waals surface area contributed by atoms with Gasteiger partial charge in [-0.15, -0.1) is 0 Å². The first-order valence-corrected chi connectivity index (χ1v) is 5.50. The molecule has 0 saturated heterocycles. The van der Waals surface area contributed by atoms with Gasteiger partial charge in [-0.3, -0.25) is 14.3 Å². The van der Waals surface area contributed by atoms with Crippen molar-refractivity contribution in [1.29, 1.82) is 0 Å². The van der Waals surface area contributed by atoms with Crippen LogP contribution in [0.4, 0.5) is 0 Å². The molecule has 0 fully saturated rings. The fourth-order valence-corrected chi connectivity index (χ4v) is 1.33. The Morgan fingerprint density at radius 2 is 2.19 bits per heavy atom. The molecule has 0 unspecified atom stereocenters. The minimum Gasteiger partial charge on any atom is -0.358 e. The van der Waals surface area contributed by atoms with E-state index in [9.17, 15) is 9.59 Å². The van der Waals surface area contributed by atoms with Crippen molar-refractivity contribution < 1.29 is 4.74 Å². The van der Waals surface area contributed by atoms with Crippen molar-refractivity contribution in [1.82, 2.24) is 9.55 Å². The summed E-state index contributed by atoms with van der Waals surface area (Å²) in [6.45, 7) is 6.13. The fraction of sp³-hybridized carbons (Fsp3) is 0.636. The van der Waals surface area contributed by atoms with Crippen molar-refractivity contribution in [3.05, 3.63) is 32.6 Å². The highest BCUT2D eigenvalue weighted by Crippen LogP contribution is 2.04. The lowest BCUT2D eigenvalue weighted by molar-refractivity contribution is 0.0113. The van der Waals surface area contributed by atoms with Crippen molar-refractivity contribution >= 4 is 0 Å². The molecular formula is C11H18N2O3. The number of nitrogens with one attached hydrogen (secondary N) is 1. The largest absolute Gasteiger partial charge is 0.358 e. The van der Waals surface area contributed by atoms with E-state index >= 15 is 0 Å². The van der Waals surface area contributed by atoms with Gasteiger partial charge < -0.3 is 4.74 Å². The van der Waals surface area contributed by atoms with E-state index in [1.165, 1.54) is 10.8 Å². The summed E-state index contributed by atoms with van der Waals surface area (Å²) < 4.78 is 6.88. The Kier molecular flexibility index (Phi) is 4.49. The molecule has 0 aliphatic rings. The molecule has 16 heavy (non-hydrogen) atoms. The number of aromatic amines is 1. The van der Waals surface area contributed by atoms with Crippen molar-refractivity contribution in [2.75, 3.05) is 6.61 Å². The van der Waals surface area contributed by atoms with Crippen LogP contribution in [0.25, 0.3) is 0 Å². The quantitative estimate of drug-likeness (QED) is 0.767. The summed E-state index contributed by atoms with van der Waals surface area (Å²) in [4.78, 5) is 24.9.